The summed E-state index contributed by atoms with van der Waals surface area (Å²) in [6.07, 6.45) is -8.99. The zero-order valence-electron chi connectivity index (χ0n) is 10.5. The Morgan fingerprint density at radius 2 is 2.10 bits per heavy atom. The maximum absolute atomic E-state index is 12.7. The highest BCUT2D eigenvalue weighted by atomic mass is 79.9. The average Bonchev–Trinajstić information content (AvgIpc) is 2.28. The summed E-state index contributed by atoms with van der Waals surface area (Å²) in [6.45, 7) is 1.32. The maximum atomic E-state index is 12.7. The van der Waals surface area contributed by atoms with Gasteiger partial charge in [0.05, 0.1) is 11.3 Å². The molecule has 0 aliphatic carbocycles. The first kappa shape index (κ1) is 17.2. The first-order valence-corrected chi connectivity index (χ1v) is 6.21. The molecule has 1 N–H and O–H groups in total. The molecule has 0 saturated heterocycles. The van der Waals surface area contributed by atoms with Gasteiger partial charge in [-0.15, -0.1) is 0 Å². The molecular formula is C11H9BrF3NO5. The Kier molecular flexibility index (Phi) is 5.15. The molecule has 0 spiro atoms. The number of ether oxygens (including phenoxy) is 1. The Morgan fingerprint density at radius 3 is 2.52 bits per heavy atom. The molecule has 116 valence electrons. The number of halogens is 4. The summed E-state index contributed by atoms with van der Waals surface area (Å²) >= 11 is 2.99. The molecule has 0 amide bonds. The second kappa shape index (κ2) is 6.29. The molecule has 1 unspecified atom stereocenters. The Bertz CT molecular complexity index is 576. The fourth-order valence-corrected chi connectivity index (χ4v) is 2.09. The SMILES string of the molecule is Cc1cc(Br)cc([N+](=O)[O-])c1OC(CC(=O)O)C(F)(F)F. The molecule has 0 heterocycles. The molecule has 0 fully saturated rings. The Balaban J connectivity index is 3.26. The predicted octanol–water partition coefficient (Wildman–Crippen LogP) is 3.45. The van der Waals surface area contributed by atoms with E-state index in [4.69, 9.17) is 5.11 Å². The monoisotopic (exact) mass is 371 g/mol. The van der Waals surface area contributed by atoms with E-state index in [-0.39, 0.29) is 5.56 Å². The molecule has 1 atom stereocenters. The summed E-state index contributed by atoms with van der Waals surface area (Å²) in [5, 5.41) is 19.4. The number of carboxylic acid groups (broad SMARTS) is 1. The summed E-state index contributed by atoms with van der Waals surface area (Å²) in [7, 11) is 0. The van der Waals surface area contributed by atoms with Crippen molar-refractivity contribution in [2.24, 2.45) is 0 Å². The fourth-order valence-electron chi connectivity index (χ4n) is 1.53. The minimum absolute atomic E-state index is 0.0794. The number of nitro benzene ring substituents is 1. The molecule has 6 nitrogen and oxygen atoms in total. The Morgan fingerprint density at radius 1 is 1.52 bits per heavy atom. The Labute approximate surface area is 124 Å². The molecule has 1 aromatic carbocycles. The van der Waals surface area contributed by atoms with Gasteiger partial charge in [-0.3, -0.25) is 14.9 Å². The van der Waals surface area contributed by atoms with Crippen LogP contribution in [0.2, 0.25) is 0 Å². The van der Waals surface area contributed by atoms with Gasteiger partial charge in [0, 0.05) is 10.5 Å². The molecule has 0 bridgehead atoms. The van der Waals surface area contributed by atoms with Gasteiger partial charge in [0.2, 0.25) is 11.9 Å². The smallest absolute Gasteiger partial charge is 0.426 e. The summed E-state index contributed by atoms with van der Waals surface area (Å²) in [4.78, 5) is 20.5. The van der Waals surface area contributed by atoms with Crippen LogP contribution in [-0.4, -0.2) is 28.3 Å². The van der Waals surface area contributed by atoms with E-state index in [9.17, 15) is 28.1 Å². The third-order valence-electron chi connectivity index (χ3n) is 2.40. The lowest BCUT2D eigenvalue weighted by atomic mass is 10.2. The number of benzene rings is 1. The number of rotatable bonds is 5. The van der Waals surface area contributed by atoms with E-state index in [0.717, 1.165) is 6.07 Å². The van der Waals surface area contributed by atoms with Gasteiger partial charge in [0.1, 0.15) is 0 Å². The number of carboxylic acids is 1. The molecule has 10 heteroatoms. The number of nitrogens with zero attached hydrogens (tertiary/aromatic N) is 1. The van der Waals surface area contributed by atoms with Crippen molar-refractivity contribution in [1.82, 2.24) is 0 Å². The Hall–Kier alpha value is -1.84. The number of carbonyl (C=O) groups is 1. The second-order valence-corrected chi connectivity index (χ2v) is 4.99. The first-order valence-electron chi connectivity index (χ1n) is 5.42. The lowest BCUT2D eigenvalue weighted by molar-refractivity contribution is -0.386. The highest BCUT2D eigenvalue weighted by Gasteiger charge is 2.44. The summed E-state index contributed by atoms with van der Waals surface area (Å²) < 4.78 is 43.1. The lowest BCUT2D eigenvalue weighted by Gasteiger charge is -2.21. The normalized spacial score (nSPS) is 12.8. The number of hydrogen-bond donors (Lipinski definition) is 1. The molecule has 1 aromatic rings. The van der Waals surface area contributed by atoms with Crippen LogP contribution in [-0.2, 0) is 4.79 Å². The number of alkyl halides is 3. The van der Waals surface area contributed by atoms with E-state index in [2.05, 4.69) is 20.7 Å². The van der Waals surface area contributed by atoms with Crippen molar-refractivity contribution < 1.29 is 32.7 Å². The summed E-state index contributed by atoms with van der Waals surface area (Å²) in [5.41, 5.74) is -0.600. The van der Waals surface area contributed by atoms with Gasteiger partial charge >= 0.3 is 17.8 Å². The average molecular weight is 372 g/mol. The van der Waals surface area contributed by atoms with Crippen molar-refractivity contribution >= 4 is 27.6 Å². The standard InChI is InChI=1S/C11H9BrF3NO5/c1-5-2-6(12)3-7(16(19)20)10(5)21-8(4-9(17)18)11(13,14)15/h2-3,8H,4H2,1H3,(H,17,18). The van der Waals surface area contributed by atoms with Crippen LogP contribution in [0.5, 0.6) is 5.75 Å². The molecule has 0 aromatic heterocycles. The van der Waals surface area contributed by atoms with Gasteiger partial charge in [-0.1, -0.05) is 15.9 Å². The summed E-state index contributed by atoms with van der Waals surface area (Å²) in [6, 6.07) is 2.31. The van der Waals surface area contributed by atoms with Gasteiger partial charge < -0.3 is 9.84 Å². The van der Waals surface area contributed by atoms with Crippen LogP contribution in [0.4, 0.5) is 18.9 Å². The van der Waals surface area contributed by atoms with Gasteiger partial charge in [-0.25, -0.2) is 0 Å². The van der Waals surface area contributed by atoms with Crippen LogP contribution in [0.25, 0.3) is 0 Å². The lowest BCUT2D eigenvalue weighted by Crippen LogP contribution is -2.36. The molecule has 0 radical (unpaired) electrons. The van der Waals surface area contributed by atoms with Crippen molar-refractivity contribution in [3.8, 4) is 5.75 Å². The molecule has 0 saturated carbocycles. The van der Waals surface area contributed by atoms with Crippen LogP contribution in [0, 0.1) is 17.0 Å². The third-order valence-corrected chi connectivity index (χ3v) is 2.86. The molecular weight excluding hydrogens is 363 g/mol. The van der Waals surface area contributed by atoms with Gasteiger partial charge in [-0.05, 0) is 18.6 Å². The van der Waals surface area contributed by atoms with E-state index in [1.807, 2.05) is 0 Å². The van der Waals surface area contributed by atoms with E-state index >= 15 is 0 Å². The molecule has 21 heavy (non-hydrogen) atoms. The van der Waals surface area contributed by atoms with Crippen molar-refractivity contribution in [2.75, 3.05) is 0 Å². The molecule has 0 aliphatic heterocycles. The van der Waals surface area contributed by atoms with Crippen molar-refractivity contribution in [2.45, 2.75) is 25.6 Å². The van der Waals surface area contributed by atoms with Crippen molar-refractivity contribution in [1.29, 1.82) is 0 Å². The number of aryl methyl sites for hydroxylation is 1. The maximum Gasteiger partial charge on any atom is 0.426 e. The molecule has 0 aliphatic rings. The van der Waals surface area contributed by atoms with Crippen molar-refractivity contribution in [3.05, 3.63) is 32.3 Å². The third kappa shape index (κ3) is 4.59. The zero-order valence-corrected chi connectivity index (χ0v) is 12.1. The largest absolute Gasteiger partial charge is 0.481 e. The van der Waals surface area contributed by atoms with Gasteiger partial charge in [0.15, 0.2) is 0 Å². The topological polar surface area (TPSA) is 89.7 Å². The minimum atomic E-state index is -4.97. The van der Waals surface area contributed by atoms with Crippen molar-refractivity contribution in [3.63, 3.8) is 0 Å². The highest BCUT2D eigenvalue weighted by Crippen LogP contribution is 2.37. The van der Waals surface area contributed by atoms with E-state index in [0.29, 0.717) is 4.47 Å². The van der Waals surface area contributed by atoms with E-state index in [1.165, 1.54) is 13.0 Å². The van der Waals surface area contributed by atoms with Gasteiger partial charge in [0.25, 0.3) is 0 Å². The second-order valence-electron chi connectivity index (χ2n) is 4.07. The van der Waals surface area contributed by atoms with Gasteiger partial charge in [-0.2, -0.15) is 13.2 Å². The van der Waals surface area contributed by atoms with Crippen LogP contribution < -0.4 is 4.74 Å². The fraction of sp³-hybridized carbons (Fsp3) is 0.364. The van der Waals surface area contributed by atoms with Crippen LogP contribution in [0.3, 0.4) is 0 Å². The highest BCUT2D eigenvalue weighted by molar-refractivity contribution is 9.10. The number of nitro groups is 1. The van der Waals surface area contributed by atoms with Crippen LogP contribution in [0.1, 0.15) is 12.0 Å². The van der Waals surface area contributed by atoms with E-state index in [1.54, 1.807) is 0 Å². The number of hydrogen-bond acceptors (Lipinski definition) is 4. The quantitative estimate of drug-likeness (QED) is 0.632. The van der Waals surface area contributed by atoms with Crippen LogP contribution >= 0.6 is 15.9 Å². The minimum Gasteiger partial charge on any atom is -0.481 e. The predicted molar refractivity (Wildman–Crippen MR) is 68.3 cm³/mol. The first-order chi connectivity index (χ1) is 9.52. The summed E-state index contributed by atoms with van der Waals surface area (Å²) in [5.74, 6) is -2.33. The molecule has 1 rings (SSSR count). The van der Waals surface area contributed by atoms with Crippen LogP contribution in [0.15, 0.2) is 16.6 Å². The van der Waals surface area contributed by atoms with E-state index < -0.39 is 41.0 Å². The zero-order chi connectivity index (χ0) is 16.4. The number of aliphatic carboxylic acids is 1.